The fraction of sp³-hybridized carbons (Fsp3) is 0.556. The van der Waals surface area contributed by atoms with Gasteiger partial charge in [0, 0.05) is 36.9 Å². The van der Waals surface area contributed by atoms with Crippen LogP contribution >= 0.6 is 11.8 Å². The van der Waals surface area contributed by atoms with Crippen LogP contribution in [0.3, 0.4) is 0 Å². The zero-order valence-electron chi connectivity index (χ0n) is 14.1. The molecule has 1 spiro atoms. The molecule has 2 aliphatic heterocycles. The van der Waals surface area contributed by atoms with Crippen molar-refractivity contribution in [2.24, 2.45) is 5.92 Å². The Kier molecular flexibility index (Phi) is 4.85. The second kappa shape index (κ2) is 6.75. The third-order valence-corrected chi connectivity index (χ3v) is 6.39. The van der Waals surface area contributed by atoms with Crippen LogP contribution in [0.2, 0.25) is 0 Å². The predicted octanol–water partition coefficient (Wildman–Crippen LogP) is 2.99. The number of thioether (sulfide) groups is 1. The van der Waals surface area contributed by atoms with Crippen molar-refractivity contribution in [1.29, 1.82) is 0 Å². The summed E-state index contributed by atoms with van der Waals surface area (Å²) in [7, 11) is 0. The Morgan fingerprint density at radius 2 is 1.92 bits per heavy atom. The number of piperidine rings is 1. The van der Waals surface area contributed by atoms with Gasteiger partial charge in [-0.2, -0.15) is 0 Å². The van der Waals surface area contributed by atoms with Crippen LogP contribution < -0.4 is 0 Å². The molecule has 0 unspecified atom stereocenters. The van der Waals surface area contributed by atoms with Crippen LogP contribution in [0.4, 0.5) is 4.39 Å². The Labute approximate surface area is 146 Å². The minimum absolute atomic E-state index is 0.00692. The second-order valence-electron chi connectivity index (χ2n) is 6.74. The van der Waals surface area contributed by atoms with Crippen LogP contribution in [0, 0.1) is 11.7 Å². The summed E-state index contributed by atoms with van der Waals surface area (Å²) in [5.41, 5.74) is 0.389. The highest BCUT2D eigenvalue weighted by Crippen LogP contribution is 2.44. The Morgan fingerprint density at radius 1 is 1.21 bits per heavy atom. The molecule has 2 fully saturated rings. The summed E-state index contributed by atoms with van der Waals surface area (Å²) >= 11 is 1.84. The number of hydrogen-bond donors (Lipinski definition) is 0. The van der Waals surface area contributed by atoms with E-state index in [-0.39, 0.29) is 22.6 Å². The molecule has 0 bridgehead atoms. The van der Waals surface area contributed by atoms with Gasteiger partial charge in [-0.15, -0.1) is 11.8 Å². The Morgan fingerprint density at radius 3 is 2.54 bits per heavy atom. The molecule has 2 saturated heterocycles. The summed E-state index contributed by atoms with van der Waals surface area (Å²) in [5, 5.41) is 0. The first kappa shape index (κ1) is 17.3. The summed E-state index contributed by atoms with van der Waals surface area (Å²) in [6, 6.07) is 5.83. The highest BCUT2D eigenvalue weighted by atomic mass is 32.2. The van der Waals surface area contributed by atoms with Gasteiger partial charge in [0.2, 0.25) is 5.91 Å². The number of benzene rings is 1. The predicted molar refractivity (Wildman–Crippen MR) is 93.3 cm³/mol. The first-order chi connectivity index (χ1) is 11.4. The second-order valence-corrected chi connectivity index (χ2v) is 8.20. The van der Waals surface area contributed by atoms with Crippen molar-refractivity contribution in [2.45, 2.75) is 31.6 Å². The molecule has 2 heterocycles. The van der Waals surface area contributed by atoms with Crippen molar-refractivity contribution in [3.05, 3.63) is 35.6 Å². The Balaban J connectivity index is 1.69. The maximum absolute atomic E-state index is 13.3. The Hall–Kier alpha value is -1.56. The quantitative estimate of drug-likeness (QED) is 0.823. The van der Waals surface area contributed by atoms with Crippen LogP contribution in [0.5, 0.6) is 0 Å². The molecule has 2 amide bonds. The summed E-state index contributed by atoms with van der Waals surface area (Å²) in [6.45, 7) is 5.86. The van der Waals surface area contributed by atoms with Crippen molar-refractivity contribution in [2.75, 3.05) is 25.4 Å². The van der Waals surface area contributed by atoms with Gasteiger partial charge in [0.1, 0.15) is 5.82 Å². The lowest BCUT2D eigenvalue weighted by Gasteiger charge is -2.44. The van der Waals surface area contributed by atoms with E-state index in [0.717, 1.165) is 25.1 Å². The third kappa shape index (κ3) is 3.16. The normalized spacial score (nSPS) is 20.0. The third-order valence-electron chi connectivity index (χ3n) is 4.84. The summed E-state index contributed by atoms with van der Waals surface area (Å²) in [4.78, 5) is 28.7. The largest absolute Gasteiger partial charge is 0.338 e. The maximum Gasteiger partial charge on any atom is 0.253 e. The minimum atomic E-state index is -0.394. The molecule has 6 heteroatoms. The minimum Gasteiger partial charge on any atom is -0.338 e. The first-order valence-electron chi connectivity index (χ1n) is 8.43. The van der Waals surface area contributed by atoms with E-state index in [1.807, 2.05) is 30.5 Å². The van der Waals surface area contributed by atoms with E-state index >= 15 is 0 Å². The fourth-order valence-electron chi connectivity index (χ4n) is 3.51. The number of carbonyl (C=O) groups is 2. The van der Waals surface area contributed by atoms with E-state index in [9.17, 15) is 14.0 Å². The van der Waals surface area contributed by atoms with Crippen molar-refractivity contribution in [3.63, 3.8) is 0 Å². The SMILES string of the molecule is CC(C)C(=O)N1CCSC12CCN(C(=O)c1cccc(F)c1)CC2. The molecule has 130 valence electrons. The lowest BCUT2D eigenvalue weighted by Crippen LogP contribution is -2.54. The van der Waals surface area contributed by atoms with Gasteiger partial charge in [-0.25, -0.2) is 4.39 Å². The van der Waals surface area contributed by atoms with E-state index in [4.69, 9.17) is 0 Å². The lowest BCUT2D eigenvalue weighted by molar-refractivity contribution is -0.137. The van der Waals surface area contributed by atoms with Gasteiger partial charge < -0.3 is 9.80 Å². The number of rotatable bonds is 2. The molecule has 0 saturated carbocycles. The molecule has 0 aromatic heterocycles. The van der Waals surface area contributed by atoms with Gasteiger partial charge in [0.15, 0.2) is 0 Å². The van der Waals surface area contributed by atoms with Gasteiger partial charge in [-0.1, -0.05) is 19.9 Å². The van der Waals surface area contributed by atoms with Gasteiger partial charge in [-0.05, 0) is 31.0 Å². The van der Waals surface area contributed by atoms with Crippen LogP contribution in [0.1, 0.15) is 37.0 Å². The Bertz CT molecular complexity index is 642. The van der Waals surface area contributed by atoms with Gasteiger partial charge in [-0.3, -0.25) is 9.59 Å². The molecule has 1 aromatic carbocycles. The van der Waals surface area contributed by atoms with Crippen LogP contribution in [0.25, 0.3) is 0 Å². The zero-order chi connectivity index (χ0) is 17.3. The molecule has 0 radical (unpaired) electrons. The van der Waals surface area contributed by atoms with Crippen LogP contribution in [-0.4, -0.2) is 51.9 Å². The highest BCUT2D eigenvalue weighted by Gasteiger charge is 2.47. The average molecular weight is 350 g/mol. The molecule has 0 N–H and O–H groups in total. The van der Waals surface area contributed by atoms with E-state index in [2.05, 4.69) is 0 Å². The number of carbonyl (C=O) groups excluding carboxylic acids is 2. The van der Waals surface area contributed by atoms with Crippen molar-refractivity contribution in [1.82, 2.24) is 9.80 Å². The van der Waals surface area contributed by atoms with Gasteiger partial charge in [0.25, 0.3) is 5.91 Å². The van der Waals surface area contributed by atoms with Crippen LogP contribution in [-0.2, 0) is 4.79 Å². The van der Waals surface area contributed by atoms with Crippen molar-refractivity contribution < 1.29 is 14.0 Å². The number of amides is 2. The smallest absolute Gasteiger partial charge is 0.253 e. The van der Waals surface area contributed by atoms with E-state index in [1.165, 1.54) is 12.1 Å². The van der Waals surface area contributed by atoms with E-state index in [0.29, 0.717) is 18.7 Å². The molecule has 0 atom stereocenters. The molecule has 24 heavy (non-hydrogen) atoms. The number of halogens is 1. The molecule has 4 nitrogen and oxygen atoms in total. The molecule has 1 aromatic rings. The lowest BCUT2D eigenvalue weighted by atomic mass is 9.99. The van der Waals surface area contributed by atoms with Crippen molar-refractivity contribution >= 4 is 23.6 Å². The van der Waals surface area contributed by atoms with E-state index < -0.39 is 5.82 Å². The fourth-order valence-corrected chi connectivity index (χ4v) is 4.97. The zero-order valence-corrected chi connectivity index (χ0v) is 14.9. The van der Waals surface area contributed by atoms with Crippen LogP contribution in [0.15, 0.2) is 24.3 Å². The average Bonchev–Trinajstić information content (AvgIpc) is 2.97. The molecule has 2 aliphatic rings. The summed E-state index contributed by atoms with van der Waals surface area (Å²) in [5.74, 6) is 0.622. The first-order valence-corrected chi connectivity index (χ1v) is 9.42. The van der Waals surface area contributed by atoms with Gasteiger partial charge >= 0.3 is 0 Å². The molecular weight excluding hydrogens is 327 g/mol. The topological polar surface area (TPSA) is 40.6 Å². The van der Waals surface area contributed by atoms with Crippen molar-refractivity contribution in [3.8, 4) is 0 Å². The molecule has 3 rings (SSSR count). The standard InChI is InChI=1S/C18H23FN2O2S/c1-13(2)16(22)21-10-11-24-18(21)6-8-20(9-7-18)17(23)14-4-3-5-15(19)12-14/h3-5,12-13H,6-11H2,1-2H3. The maximum atomic E-state index is 13.3. The van der Waals surface area contributed by atoms with Gasteiger partial charge in [0.05, 0.1) is 4.87 Å². The van der Waals surface area contributed by atoms with E-state index in [1.54, 1.807) is 17.0 Å². The number of likely N-dealkylation sites (tertiary alicyclic amines) is 1. The number of nitrogens with zero attached hydrogens (tertiary/aromatic N) is 2. The number of hydrogen-bond acceptors (Lipinski definition) is 3. The monoisotopic (exact) mass is 350 g/mol. The summed E-state index contributed by atoms with van der Waals surface area (Å²) in [6.07, 6.45) is 1.55. The highest BCUT2D eigenvalue weighted by molar-refractivity contribution is 8.00. The summed E-state index contributed by atoms with van der Waals surface area (Å²) < 4.78 is 13.3. The molecular formula is C18H23FN2O2S. The molecule has 0 aliphatic carbocycles.